The minimum absolute atomic E-state index is 0.158. The van der Waals surface area contributed by atoms with Crippen molar-refractivity contribution in [2.24, 2.45) is 5.10 Å². The number of hydrazone groups is 1. The van der Waals surface area contributed by atoms with Crippen molar-refractivity contribution in [3.8, 4) is 0 Å². The van der Waals surface area contributed by atoms with Crippen molar-refractivity contribution in [1.29, 1.82) is 0 Å². The third kappa shape index (κ3) is 4.30. The zero-order valence-electron chi connectivity index (χ0n) is 15.5. The lowest BCUT2D eigenvalue weighted by Crippen LogP contribution is -2.48. The Morgan fingerprint density at radius 1 is 1.41 bits per heavy atom. The average Bonchev–Trinajstić information content (AvgIpc) is 2.93. The highest BCUT2D eigenvalue weighted by molar-refractivity contribution is 7.89. The van der Waals surface area contributed by atoms with Gasteiger partial charge in [0.2, 0.25) is 0 Å². The van der Waals surface area contributed by atoms with Crippen LogP contribution in [0.25, 0.3) is 0 Å². The molecule has 2 atom stereocenters. The van der Waals surface area contributed by atoms with E-state index in [0.29, 0.717) is 18.6 Å². The van der Waals surface area contributed by atoms with E-state index in [0.717, 1.165) is 5.56 Å². The summed E-state index contributed by atoms with van der Waals surface area (Å²) in [5.74, 6) is 0. The van der Waals surface area contributed by atoms with Gasteiger partial charge in [-0.2, -0.15) is 13.5 Å². The first-order chi connectivity index (χ1) is 12.7. The number of fused-ring (bicyclic) bond motifs is 2. The van der Waals surface area contributed by atoms with Crippen molar-refractivity contribution in [1.82, 2.24) is 9.73 Å². The predicted octanol–water partition coefficient (Wildman–Crippen LogP) is 1.82. The molecule has 1 N–H and O–H groups in total. The number of aryl methyl sites for hydroxylation is 1. The zero-order chi connectivity index (χ0) is 19.7. The first-order valence-corrected chi connectivity index (χ1v) is 10.0. The molecule has 3 rings (SSSR count). The normalized spacial score (nSPS) is 25.4. The number of hydrogen-bond donors (Lipinski definition) is 1. The van der Waals surface area contributed by atoms with Crippen molar-refractivity contribution < 1.29 is 22.7 Å². The van der Waals surface area contributed by atoms with Crippen LogP contribution in [0.2, 0.25) is 0 Å². The van der Waals surface area contributed by atoms with Crippen molar-refractivity contribution in [3.63, 3.8) is 0 Å². The minimum Gasteiger partial charge on any atom is -0.453 e. The summed E-state index contributed by atoms with van der Waals surface area (Å²) in [7, 11) is -0.795. The lowest BCUT2D eigenvalue weighted by Gasteiger charge is -2.36. The fourth-order valence-corrected chi connectivity index (χ4v) is 4.12. The third-order valence-electron chi connectivity index (χ3n) is 4.59. The van der Waals surface area contributed by atoms with E-state index in [1.165, 1.54) is 12.0 Å². The average molecular weight is 393 g/mol. The molecule has 9 heteroatoms. The fraction of sp³-hybridized carbons (Fsp3) is 0.444. The molecule has 0 aromatic heterocycles. The zero-order valence-corrected chi connectivity index (χ0v) is 16.3. The van der Waals surface area contributed by atoms with E-state index in [4.69, 9.17) is 9.47 Å². The number of ether oxygens (including phenoxy) is 2. The van der Waals surface area contributed by atoms with Crippen molar-refractivity contribution in [2.75, 3.05) is 20.7 Å². The van der Waals surface area contributed by atoms with E-state index in [9.17, 15) is 13.2 Å². The first-order valence-electron chi connectivity index (χ1n) is 8.53. The lowest BCUT2D eigenvalue weighted by atomic mass is 9.94. The Bertz CT molecular complexity index is 879. The van der Waals surface area contributed by atoms with Crippen LogP contribution in [0, 0.1) is 6.92 Å². The Hall–Kier alpha value is -2.39. The quantitative estimate of drug-likeness (QED) is 0.608. The SMILES string of the molecule is COC(=O)N(C)C[C@@]12C=C[C@H](CC(=NNS(=O)(=O)c3ccc(C)cc3)C1)O2. The van der Waals surface area contributed by atoms with Gasteiger partial charge in [0.1, 0.15) is 5.60 Å². The van der Waals surface area contributed by atoms with Gasteiger partial charge in [-0.25, -0.2) is 9.63 Å². The summed E-state index contributed by atoms with van der Waals surface area (Å²) in [6.45, 7) is 2.18. The molecule has 27 heavy (non-hydrogen) atoms. The minimum atomic E-state index is -3.73. The molecule has 2 aliphatic heterocycles. The maximum Gasteiger partial charge on any atom is 0.409 e. The molecular formula is C18H23N3O5S. The van der Waals surface area contributed by atoms with Crippen LogP contribution in [0.1, 0.15) is 18.4 Å². The van der Waals surface area contributed by atoms with Gasteiger partial charge in [0.15, 0.2) is 0 Å². The van der Waals surface area contributed by atoms with Gasteiger partial charge in [0, 0.05) is 25.6 Å². The van der Waals surface area contributed by atoms with Crippen LogP contribution >= 0.6 is 0 Å². The van der Waals surface area contributed by atoms with E-state index in [2.05, 4.69) is 9.93 Å². The molecule has 0 spiro atoms. The highest BCUT2D eigenvalue weighted by atomic mass is 32.2. The monoisotopic (exact) mass is 393 g/mol. The van der Waals surface area contributed by atoms with E-state index in [1.807, 2.05) is 19.1 Å². The Kier molecular flexibility index (Phi) is 5.25. The highest BCUT2D eigenvalue weighted by Gasteiger charge is 2.43. The molecule has 0 unspecified atom stereocenters. The summed E-state index contributed by atoms with van der Waals surface area (Å²) in [6.07, 6.45) is 4.06. The highest BCUT2D eigenvalue weighted by Crippen LogP contribution is 2.35. The molecule has 0 saturated carbocycles. The number of nitrogens with one attached hydrogen (secondary N) is 1. The predicted molar refractivity (Wildman–Crippen MR) is 99.9 cm³/mol. The number of hydrogen-bond acceptors (Lipinski definition) is 6. The fourth-order valence-electron chi connectivity index (χ4n) is 3.27. The molecule has 1 aromatic carbocycles. The molecule has 1 amide bonds. The summed E-state index contributed by atoms with van der Waals surface area (Å²) in [5, 5.41) is 4.14. The largest absolute Gasteiger partial charge is 0.453 e. The van der Waals surface area contributed by atoms with Crippen LogP contribution in [0.4, 0.5) is 4.79 Å². The summed E-state index contributed by atoms with van der Waals surface area (Å²) in [4.78, 5) is 15.6. The van der Waals surface area contributed by atoms with Crippen LogP contribution in [0.5, 0.6) is 0 Å². The topological polar surface area (TPSA) is 97.3 Å². The molecule has 2 heterocycles. The van der Waals surface area contributed by atoms with Crippen molar-refractivity contribution in [2.45, 2.75) is 36.4 Å². The Labute approximate surface area is 158 Å². The Morgan fingerprint density at radius 3 is 2.78 bits per heavy atom. The number of methoxy groups -OCH3 is 1. The smallest absolute Gasteiger partial charge is 0.409 e. The lowest BCUT2D eigenvalue weighted by molar-refractivity contribution is -0.0426. The second-order valence-electron chi connectivity index (χ2n) is 6.87. The second-order valence-corrected chi connectivity index (χ2v) is 8.53. The molecule has 1 fully saturated rings. The number of nitrogens with zero attached hydrogens (tertiary/aromatic N) is 2. The molecule has 1 saturated heterocycles. The van der Waals surface area contributed by atoms with Gasteiger partial charge in [-0.15, -0.1) is 0 Å². The number of sulfonamides is 1. The van der Waals surface area contributed by atoms with Crippen LogP contribution in [-0.2, 0) is 19.5 Å². The number of benzene rings is 1. The molecule has 146 valence electrons. The van der Waals surface area contributed by atoms with Gasteiger partial charge < -0.3 is 14.4 Å². The molecule has 2 aliphatic rings. The van der Waals surface area contributed by atoms with Crippen LogP contribution in [-0.4, -0.2) is 57.5 Å². The van der Waals surface area contributed by atoms with Gasteiger partial charge >= 0.3 is 6.09 Å². The van der Waals surface area contributed by atoms with Crippen LogP contribution in [0.3, 0.4) is 0 Å². The van der Waals surface area contributed by atoms with Gasteiger partial charge in [-0.3, -0.25) is 0 Å². The second kappa shape index (κ2) is 7.32. The third-order valence-corrected chi connectivity index (χ3v) is 5.81. The molecule has 2 bridgehead atoms. The summed E-state index contributed by atoms with van der Waals surface area (Å²) < 4.78 is 35.5. The molecule has 0 aliphatic carbocycles. The van der Waals surface area contributed by atoms with E-state index in [-0.39, 0.29) is 17.5 Å². The van der Waals surface area contributed by atoms with Crippen molar-refractivity contribution >= 4 is 21.8 Å². The Morgan fingerprint density at radius 2 is 2.11 bits per heavy atom. The molecular weight excluding hydrogens is 370 g/mol. The number of likely N-dealkylation sites (N-methyl/N-ethyl adjacent to an activating group) is 1. The number of carbonyl (C=O) groups is 1. The van der Waals surface area contributed by atoms with E-state index < -0.39 is 21.7 Å². The van der Waals surface area contributed by atoms with Gasteiger partial charge in [0.05, 0.1) is 24.7 Å². The molecule has 1 aromatic rings. The standard InChI is InChI=1S/C18H23N3O5S/c1-13-4-6-16(7-5-13)27(23,24)20-19-14-10-15-8-9-18(11-14,26-15)12-21(2)17(22)25-3/h4-9,15,20H,10-12H2,1-3H3/t15-,18-/m1/s1. The van der Waals surface area contributed by atoms with Gasteiger partial charge in [-0.05, 0) is 19.1 Å². The number of rotatable bonds is 5. The van der Waals surface area contributed by atoms with Gasteiger partial charge in [-0.1, -0.05) is 29.8 Å². The van der Waals surface area contributed by atoms with E-state index in [1.54, 1.807) is 31.3 Å². The van der Waals surface area contributed by atoms with E-state index >= 15 is 0 Å². The summed E-state index contributed by atoms with van der Waals surface area (Å²) >= 11 is 0. The summed E-state index contributed by atoms with van der Waals surface area (Å²) in [5.41, 5.74) is 0.925. The number of amides is 1. The van der Waals surface area contributed by atoms with Gasteiger partial charge in [0.25, 0.3) is 10.0 Å². The number of carbonyl (C=O) groups excluding carboxylic acids is 1. The molecule has 8 nitrogen and oxygen atoms in total. The Balaban J connectivity index is 1.72. The maximum atomic E-state index is 12.4. The van der Waals surface area contributed by atoms with Crippen LogP contribution < -0.4 is 4.83 Å². The van der Waals surface area contributed by atoms with Crippen LogP contribution in [0.15, 0.2) is 46.4 Å². The maximum absolute atomic E-state index is 12.4. The summed E-state index contributed by atoms with van der Waals surface area (Å²) in [6, 6.07) is 6.55. The van der Waals surface area contributed by atoms with Crippen molar-refractivity contribution in [3.05, 3.63) is 42.0 Å². The molecule has 0 radical (unpaired) electrons. The first kappa shape index (κ1) is 19.4.